The van der Waals surface area contributed by atoms with Gasteiger partial charge in [-0.2, -0.15) is 4.98 Å². The highest BCUT2D eigenvalue weighted by atomic mass is 16.5. The number of hydrogen-bond acceptors (Lipinski definition) is 5. The molecule has 6 nitrogen and oxygen atoms in total. The third kappa shape index (κ3) is 2.54. The van der Waals surface area contributed by atoms with Crippen LogP contribution in [0.25, 0.3) is 11.5 Å². The number of aromatic nitrogens is 2. The summed E-state index contributed by atoms with van der Waals surface area (Å²) in [5.74, 6) is -0.0174. The summed E-state index contributed by atoms with van der Waals surface area (Å²) in [7, 11) is 1.51. The fourth-order valence-corrected chi connectivity index (χ4v) is 1.53. The van der Waals surface area contributed by atoms with Crippen LogP contribution >= 0.6 is 0 Å². The standard InChI is InChI=1S/C12H14N4O2/c1-14-11(17)10-15-12(18-16-10)9-4-2-8(3-5-9)6-7-13/h2-5H,6-7,13H2,1H3,(H,14,17). The largest absolute Gasteiger partial charge is 0.352 e. The van der Waals surface area contributed by atoms with Crippen molar-refractivity contribution in [3.63, 3.8) is 0 Å². The molecule has 0 atom stereocenters. The van der Waals surface area contributed by atoms with E-state index in [0.717, 1.165) is 17.5 Å². The van der Waals surface area contributed by atoms with E-state index < -0.39 is 0 Å². The van der Waals surface area contributed by atoms with Crippen LogP contribution in [0.1, 0.15) is 16.2 Å². The molecular weight excluding hydrogens is 232 g/mol. The smallest absolute Gasteiger partial charge is 0.292 e. The lowest BCUT2D eigenvalue weighted by atomic mass is 10.1. The van der Waals surface area contributed by atoms with Crippen molar-refractivity contribution in [1.29, 1.82) is 0 Å². The van der Waals surface area contributed by atoms with Crippen LogP contribution in [0.4, 0.5) is 0 Å². The molecule has 18 heavy (non-hydrogen) atoms. The Balaban J connectivity index is 2.20. The number of nitrogens with one attached hydrogen (secondary N) is 1. The van der Waals surface area contributed by atoms with Gasteiger partial charge in [0.25, 0.3) is 17.6 Å². The van der Waals surface area contributed by atoms with E-state index >= 15 is 0 Å². The molecule has 1 aromatic heterocycles. The SMILES string of the molecule is CNC(=O)c1noc(-c2ccc(CCN)cc2)n1. The number of nitrogens with zero attached hydrogens (tertiary/aromatic N) is 2. The van der Waals surface area contributed by atoms with E-state index in [1.807, 2.05) is 24.3 Å². The summed E-state index contributed by atoms with van der Waals surface area (Å²) in [5, 5.41) is 6.04. The van der Waals surface area contributed by atoms with Crippen LogP contribution in [0.3, 0.4) is 0 Å². The Morgan fingerprint density at radius 3 is 2.72 bits per heavy atom. The highest BCUT2D eigenvalue weighted by Gasteiger charge is 2.13. The van der Waals surface area contributed by atoms with Crippen molar-refractivity contribution in [3.8, 4) is 11.5 Å². The van der Waals surface area contributed by atoms with Crippen LogP contribution in [0.5, 0.6) is 0 Å². The van der Waals surface area contributed by atoms with Gasteiger partial charge in [-0.3, -0.25) is 4.79 Å². The molecular formula is C12H14N4O2. The third-order valence-electron chi connectivity index (χ3n) is 2.49. The minimum Gasteiger partial charge on any atom is -0.352 e. The zero-order valence-corrected chi connectivity index (χ0v) is 10.0. The van der Waals surface area contributed by atoms with Gasteiger partial charge in [-0.15, -0.1) is 0 Å². The van der Waals surface area contributed by atoms with Crippen molar-refractivity contribution in [3.05, 3.63) is 35.7 Å². The fraction of sp³-hybridized carbons (Fsp3) is 0.250. The van der Waals surface area contributed by atoms with Crippen molar-refractivity contribution in [2.45, 2.75) is 6.42 Å². The molecule has 0 aliphatic heterocycles. The fourth-order valence-electron chi connectivity index (χ4n) is 1.53. The lowest BCUT2D eigenvalue weighted by molar-refractivity contribution is 0.0950. The highest BCUT2D eigenvalue weighted by molar-refractivity contribution is 5.90. The molecule has 0 radical (unpaired) electrons. The first kappa shape index (κ1) is 12.3. The molecule has 0 spiro atoms. The van der Waals surface area contributed by atoms with E-state index in [4.69, 9.17) is 10.3 Å². The number of carbonyl (C=O) groups excluding carboxylic acids is 1. The Hall–Kier alpha value is -2.21. The third-order valence-corrected chi connectivity index (χ3v) is 2.49. The van der Waals surface area contributed by atoms with Crippen molar-refractivity contribution in [2.24, 2.45) is 5.73 Å². The minimum atomic E-state index is -0.371. The van der Waals surface area contributed by atoms with Gasteiger partial charge in [0.05, 0.1) is 0 Å². The Morgan fingerprint density at radius 1 is 1.39 bits per heavy atom. The number of amides is 1. The summed E-state index contributed by atoms with van der Waals surface area (Å²) in [6, 6.07) is 7.64. The number of carbonyl (C=O) groups is 1. The number of rotatable bonds is 4. The van der Waals surface area contributed by atoms with E-state index in [0.29, 0.717) is 12.4 Å². The first-order chi connectivity index (χ1) is 8.74. The van der Waals surface area contributed by atoms with Crippen LogP contribution < -0.4 is 11.1 Å². The Kier molecular flexibility index (Phi) is 3.69. The molecule has 1 heterocycles. The van der Waals surface area contributed by atoms with Gasteiger partial charge < -0.3 is 15.6 Å². The second-order valence-electron chi connectivity index (χ2n) is 3.74. The number of hydrogen-bond donors (Lipinski definition) is 2. The monoisotopic (exact) mass is 246 g/mol. The summed E-state index contributed by atoms with van der Waals surface area (Å²) < 4.78 is 5.03. The van der Waals surface area contributed by atoms with Crippen LogP contribution in [0.2, 0.25) is 0 Å². The Labute approximate surface area is 104 Å². The van der Waals surface area contributed by atoms with Crippen molar-refractivity contribution < 1.29 is 9.32 Å². The second kappa shape index (κ2) is 5.42. The van der Waals surface area contributed by atoms with Gasteiger partial charge in [-0.05, 0) is 30.7 Å². The molecule has 94 valence electrons. The Morgan fingerprint density at radius 2 is 2.11 bits per heavy atom. The molecule has 0 fully saturated rings. The summed E-state index contributed by atoms with van der Waals surface area (Å²) in [4.78, 5) is 15.3. The first-order valence-electron chi connectivity index (χ1n) is 5.59. The van der Waals surface area contributed by atoms with Gasteiger partial charge in [-0.1, -0.05) is 17.3 Å². The molecule has 6 heteroatoms. The maximum Gasteiger partial charge on any atom is 0.292 e. The molecule has 0 bridgehead atoms. The first-order valence-corrected chi connectivity index (χ1v) is 5.59. The van der Waals surface area contributed by atoms with Gasteiger partial charge in [0.1, 0.15) is 0 Å². The van der Waals surface area contributed by atoms with Gasteiger partial charge in [0.2, 0.25) is 0 Å². The molecule has 0 saturated heterocycles. The van der Waals surface area contributed by atoms with Crippen LogP contribution in [0, 0.1) is 0 Å². The Bertz CT molecular complexity index is 533. The molecule has 1 amide bonds. The predicted molar refractivity (Wildman–Crippen MR) is 65.9 cm³/mol. The summed E-state index contributed by atoms with van der Waals surface area (Å²) in [6.07, 6.45) is 0.827. The average Bonchev–Trinajstić information content (AvgIpc) is 2.89. The molecule has 0 unspecified atom stereocenters. The normalized spacial score (nSPS) is 10.3. The minimum absolute atomic E-state index is 0.0264. The summed E-state index contributed by atoms with van der Waals surface area (Å²) >= 11 is 0. The van der Waals surface area contributed by atoms with Crippen LogP contribution in [-0.2, 0) is 6.42 Å². The molecule has 1 aromatic carbocycles. The second-order valence-corrected chi connectivity index (χ2v) is 3.74. The molecule has 0 saturated carbocycles. The molecule has 2 rings (SSSR count). The quantitative estimate of drug-likeness (QED) is 0.823. The lowest BCUT2D eigenvalue weighted by Crippen LogP contribution is -2.19. The highest BCUT2D eigenvalue weighted by Crippen LogP contribution is 2.17. The number of benzene rings is 1. The summed E-state index contributed by atoms with van der Waals surface area (Å²) in [6.45, 7) is 0.612. The van der Waals surface area contributed by atoms with E-state index in [9.17, 15) is 4.79 Å². The van der Waals surface area contributed by atoms with Crippen molar-refractivity contribution in [2.75, 3.05) is 13.6 Å². The lowest BCUT2D eigenvalue weighted by Gasteiger charge is -1.98. The van der Waals surface area contributed by atoms with Gasteiger partial charge >= 0.3 is 0 Å². The average molecular weight is 246 g/mol. The van der Waals surface area contributed by atoms with E-state index in [1.165, 1.54) is 7.05 Å². The van der Waals surface area contributed by atoms with E-state index in [-0.39, 0.29) is 11.7 Å². The van der Waals surface area contributed by atoms with Gasteiger partial charge in [0, 0.05) is 12.6 Å². The van der Waals surface area contributed by atoms with Gasteiger partial charge in [-0.25, -0.2) is 0 Å². The topological polar surface area (TPSA) is 94.0 Å². The maximum absolute atomic E-state index is 11.3. The number of nitrogens with two attached hydrogens (primary N) is 1. The van der Waals surface area contributed by atoms with Crippen LogP contribution in [0.15, 0.2) is 28.8 Å². The van der Waals surface area contributed by atoms with Crippen molar-refractivity contribution in [1.82, 2.24) is 15.5 Å². The van der Waals surface area contributed by atoms with E-state index in [1.54, 1.807) is 0 Å². The molecule has 0 aliphatic carbocycles. The zero-order valence-electron chi connectivity index (χ0n) is 10.0. The van der Waals surface area contributed by atoms with Gasteiger partial charge in [0.15, 0.2) is 0 Å². The maximum atomic E-state index is 11.3. The van der Waals surface area contributed by atoms with Crippen LogP contribution in [-0.4, -0.2) is 29.6 Å². The predicted octanol–water partition coefficient (Wildman–Crippen LogP) is 0.597. The molecule has 2 aromatic rings. The summed E-state index contributed by atoms with van der Waals surface area (Å²) in [5.41, 5.74) is 7.40. The van der Waals surface area contributed by atoms with Crippen molar-refractivity contribution >= 4 is 5.91 Å². The zero-order chi connectivity index (χ0) is 13.0. The van der Waals surface area contributed by atoms with E-state index in [2.05, 4.69) is 15.5 Å². The molecule has 3 N–H and O–H groups in total. The molecule has 0 aliphatic rings.